The first kappa shape index (κ1) is 19.7. The third kappa shape index (κ3) is 7.04. The number of thioether (sulfide) groups is 1. The SMILES string of the molecule is CCCCCCCCSC(=O)Oc1cc(Cl)n[nH+]c1-c1ccccc1. The molecule has 1 N–H and O–H groups in total. The van der Waals surface area contributed by atoms with Crippen LogP contribution in [0.5, 0.6) is 5.75 Å². The average molecular weight is 380 g/mol. The van der Waals surface area contributed by atoms with Crippen molar-refractivity contribution in [3.05, 3.63) is 41.6 Å². The minimum absolute atomic E-state index is 0.253. The molecule has 2 aromatic rings. The summed E-state index contributed by atoms with van der Waals surface area (Å²) in [4.78, 5) is 12.1. The Balaban J connectivity index is 1.87. The molecule has 0 saturated carbocycles. The summed E-state index contributed by atoms with van der Waals surface area (Å²) in [5, 5.41) is 6.77. The van der Waals surface area contributed by atoms with Crippen LogP contribution in [0.4, 0.5) is 4.79 Å². The smallest absolute Gasteiger partial charge is 0.372 e. The number of hydrogen-bond acceptors (Lipinski definition) is 4. The number of aromatic nitrogens is 2. The Labute approximate surface area is 158 Å². The topological polar surface area (TPSA) is 53.3 Å². The predicted molar refractivity (Wildman–Crippen MR) is 103 cm³/mol. The van der Waals surface area contributed by atoms with E-state index in [0.717, 1.165) is 24.2 Å². The van der Waals surface area contributed by atoms with E-state index in [2.05, 4.69) is 17.1 Å². The van der Waals surface area contributed by atoms with Crippen LogP contribution < -0.4 is 9.84 Å². The molecule has 0 fully saturated rings. The minimum atomic E-state index is -0.318. The molecule has 0 radical (unpaired) electrons. The van der Waals surface area contributed by atoms with Gasteiger partial charge in [0.25, 0.3) is 5.69 Å². The van der Waals surface area contributed by atoms with Crippen LogP contribution in [0.2, 0.25) is 5.15 Å². The van der Waals surface area contributed by atoms with Crippen molar-refractivity contribution in [2.24, 2.45) is 0 Å². The molecule has 0 aliphatic rings. The summed E-state index contributed by atoms with van der Waals surface area (Å²) < 4.78 is 5.49. The van der Waals surface area contributed by atoms with Gasteiger partial charge in [-0.3, -0.25) is 0 Å². The van der Waals surface area contributed by atoms with Crippen molar-refractivity contribution in [1.29, 1.82) is 0 Å². The van der Waals surface area contributed by atoms with Crippen molar-refractivity contribution < 1.29 is 14.6 Å². The molecule has 0 aliphatic heterocycles. The number of carbonyl (C=O) groups excluding carboxylic acids is 1. The monoisotopic (exact) mass is 379 g/mol. The number of hydrogen-bond donors (Lipinski definition) is 0. The number of rotatable bonds is 9. The van der Waals surface area contributed by atoms with Crippen molar-refractivity contribution in [2.75, 3.05) is 5.75 Å². The van der Waals surface area contributed by atoms with E-state index in [-0.39, 0.29) is 10.5 Å². The Morgan fingerprint density at radius 2 is 1.88 bits per heavy atom. The van der Waals surface area contributed by atoms with Gasteiger partial charge in [0, 0.05) is 16.9 Å². The molecule has 134 valence electrons. The number of nitrogens with zero attached hydrogens (tertiary/aromatic N) is 1. The van der Waals surface area contributed by atoms with E-state index in [4.69, 9.17) is 16.3 Å². The first-order chi connectivity index (χ1) is 12.2. The fraction of sp³-hybridized carbons (Fsp3) is 0.421. The number of nitrogens with one attached hydrogen (secondary N) is 1. The lowest BCUT2D eigenvalue weighted by Gasteiger charge is -2.05. The lowest BCUT2D eigenvalue weighted by molar-refractivity contribution is -0.443. The summed E-state index contributed by atoms with van der Waals surface area (Å²) in [6, 6.07) is 11.1. The van der Waals surface area contributed by atoms with E-state index < -0.39 is 0 Å². The fourth-order valence-electron chi connectivity index (χ4n) is 2.43. The molecule has 0 atom stereocenters. The molecule has 0 spiro atoms. The lowest BCUT2D eigenvalue weighted by Crippen LogP contribution is -2.15. The fourth-order valence-corrected chi connectivity index (χ4v) is 3.23. The lowest BCUT2D eigenvalue weighted by atomic mass is 10.1. The molecule has 0 amide bonds. The van der Waals surface area contributed by atoms with Crippen molar-refractivity contribution in [1.82, 2.24) is 5.10 Å². The van der Waals surface area contributed by atoms with Gasteiger partial charge in [-0.1, -0.05) is 73.9 Å². The summed E-state index contributed by atoms with van der Waals surface area (Å²) in [5.41, 5.74) is 1.52. The largest absolute Gasteiger partial charge is 0.411 e. The van der Waals surface area contributed by atoms with Gasteiger partial charge in [0.2, 0.25) is 5.75 Å². The maximum atomic E-state index is 12.1. The van der Waals surface area contributed by atoms with Gasteiger partial charge in [-0.05, 0) is 30.3 Å². The molecule has 1 heterocycles. The Bertz CT molecular complexity index is 668. The van der Waals surface area contributed by atoms with Gasteiger partial charge in [0.1, 0.15) is 0 Å². The van der Waals surface area contributed by atoms with Crippen molar-refractivity contribution in [2.45, 2.75) is 45.4 Å². The molecule has 0 aliphatic carbocycles. The van der Waals surface area contributed by atoms with Crippen molar-refractivity contribution >= 4 is 28.7 Å². The van der Waals surface area contributed by atoms with Gasteiger partial charge in [-0.15, -0.1) is 0 Å². The highest BCUT2D eigenvalue weighted by molar-refractivity contribution is 8.13. The Hall–Kier alpha value is -1.59. The molecular formula is C19H24ClN2O2S+. The maximum Gasteiger partial charge on any atom is 0.372 e. The summed E-state index contributed by atoms with van der Waals surface area (Å²) in [6.07, 6.45) is 7.23. The number of H-pyrrole nitrogens is 1. The van der Waals surface area contributed by atoms with Crippen LogP contribution in [0.3, 0.4) is 0 Å². The zero-order valence-electron chi connectivity index (χ0n) is 14.5. The predicted octanol–water partition coefficient (Wildman–Crippen LogP) is 5.81. The van der Waals surface area contributed by atoms with Crippen LogP contribution >= 0.6 is 23.4 Å². The van der Waals surface area contributed by atoms with Gasteiger partial charge in [-0.2, -0.15) is 0 Å². The zero-order chi connectivity index (χ0) is 17.9. The maximum absolute atomic E-state index is 12.1. The van der Waals surface area contributed by atoms with Crippen molar-refractivity contribution in [3.63, 3.8) is 0 Å². The number of ether oxygens (including phenoxy) is 1. The summed E-state index contributed by atoms with van der Waals surface area (Å²) in [6.45, 7) is 2.21. The van der Waals surface area contributed by atoms with Gasteiger partial charge in [-0.25, -0.2) is 4.79 Å². The first-order valence-electron chi connectivity index (χ1n) is 8.69. The van der Waals surface area contributed by atoms with Crippen LogP contribution in [0, 0.1) is 0 Å². The quantitative estimate of drug-likeness (QED) is 0.407. The number of unbranched alkanes of at least 4 members (excludes halogenated alkanes) is 5. The van der Waals surface area contributed by atoms with Crippen molar-refractivity contribution in [3.8, 4) is 17.0 Å². The van der Waals surface area contributed by atoms with E-state index in [9.17, 15) is 4.79 Å². The molecule has 0 bridgehead atoms. The molecule has 4 nitrogen and oxygen atoms in total. The van der Waals surface area contributed by atoms with Crippen LogP contribution in [-0.4, -0.2) is 16.2 Å². The van der Waals surface area contributed by atoms with Crippen LogP contribution in [0.25, 0.3) is 11.3 Å². The molecule has 25 heavy (non-hydrogen) atoms. The highest BCUT2D eigenvalue weighted by Gasteiger charge is 2.19. The molecule has 1 aromatic carbocycles. The zero-order valence-corrected chi connectivity index (χ0v) is 16.0. The van der Waals surface area contributed by atoms with Gasteiger partial charge >= 0.3 is 5.30 Å². The van der Waals surface area contributed by atoms with E-state index in [1.54, 1.807) is 6.07 Å². The van der Waals surface area contributed by atoms with Gasteiger partial charge < -0.3 is 4.74 Å². The molecule has 6 heteroatoms. The third-order valence-electron chi connectivity index (χ3n) is 3.74. The standard InChI is InChI=1S/C19H23ClN2O2S/c1-2-3-4-5-6-10-13-25-19(23)24-16-14-17(20)21-22-18(16)15-11-8-7-9-12-15/h7-9,11-12,14H,2-6,10,13H2,1H3/p+1. The van der Waals surface area contributed by atoms with Gasteiger partial charge in [0.05, 0.1) is 5.56 Å². The van der Waals surface area contributed by atoms with Crippen LogP contribution in [-0.2, 0) is 0 Å². The average Bonchev–Trinajstić information content (AvgIpc) is 2.62. The second kappa shape index (κ2) is 11.1. The molecule has 1 aromatic heterocycles. The third-order valence-corrected chi connectivity index (χ3v) is 4.75. The van der Waals surface area contributed by atoms with E-state index in [1.807, 2.05) is 30.3 Å². The number of carbonyl (C=O) groups is 1. The minimum Gasteiger partial charge on any atom is -0.411 e. The summed E-state index contributed by atoms with van der Waals surface area (Å²) >= 11 is 7.14. The second-order valence-corrected chi connectivity index (χ2v) is 7.18. The molecular weight excluding hydrogens is 356 g/mol. The molecule has 0 saturated heterocycles. The molecule has 2 rings (SSSR count). The summed E-state index contributed by atoms with van der Waals surface area (Å²) in [7, 11) is 0. The normalized spacial score (nSPS) is 10.6. The Morgan fingerprint density at radius 1 is 1.16 bits per heavy atom. The van der Waals surface area contributed by atoms with E-state index in [0.29, 0.717) is 11.4 Å². The highest BCUT2D eigenvalue weighted by atomic mass is 35.5. The van der Waals surface area contributed by atoms with Crippen LogP contribution in [0.1, 0.15) is 45.4 Å². The highest BCUT2D eigenvalue weighted by Crippen LogP contribution is 2.28. The number of halogens is 1. The Kier molecular flexibility index (Phi) is 8.77. The Morgan fingerprint density at radius 3 is 2.64 bits per heavy atom. The second-order valence-electron chi connectivity index (χ2n) is 5.76. The first-order valence-corrected chi connectivity index (χ1v) is 10.1. The van der Waals surface area contributed by atoms with E-state index in [1.165, 1.54) is 37.4 Å². The molecule has 0 unspecified atom stereocenters. The number of aromatic amines is 1. The van der Waals surface area contributed by atoms with Crippen LogP contribution in [0.15, 0.2) is 36.4 Å². The van der Waals surface area contributed by atoms with Gasteiger partial charge in [0.15, 0.2) is 5.15 Å². The van der Waals surface area contributed by atoms with E-state index >= 15 is 0 Å². The number of benzene rings is 1. The summed E-state index contributed by atoms with van der Waals surface area (Å²) in [5.74, 6) is 1.17.